The number of thiazole rings is 1. The number of aromatic nitrogens is 3. The standard InChI is InChI=1S/C20H17N3O4S/c24-18-9-12(21-20-23(18)15-6-2-4-8-17(15)28-20)11-26-19(25)10-14-13-5-1-3-7-16(13)27-22-14/h1,3,5,7,9H,2,4,6,8,10-11H2. The van der Waals surface area contributed by atoms with Crippen LogP contribution in [0.2, 0.25) is 0 Å². The highest BCUT2D eigenvalue weighted by molar-refractivity contribution is 7.17. The predicted molar refractivity (Wildman–Crippen MR) is 103 cm³/mol. The van der Waals surface area contributed by atoms with E-state index in [0.29, 0.717) is 21.9 Å². The molecule has 0 saturated carbocycles. The smallest absolute Gasteiger partial charge is 0.312 e. The Kier molecular flexibility index (Phi) is 4.20. The average molecular weight is 395 g/mol. The molecule has 5 rings (SSSR count). The number of rotatable bonds is 4. The number of hydrogen-bond donors (Lipinski definition) is 0. The van der Waals surface area contributed by atoms with Gasteiger partial charge in [-0.1, -0.05) is 17.3 Å². The number of fused-ring (bicyclic) bond motifs is 4. The molecule has 1 aromatic carbocycles. The number of benzene rings is 1. The third-order valence-corrected chi connectivity index (χ3v) is 6.10. The van der Waals surface area contributed by atoms with Crippen LogP contribution in [0.3, 0.4) is 0 Å². The van der Waals surface area contributed by atoms with Gasteiger partial charge in [-0.15, -0.1) is 11.3 Å². The Morgan fingerprint density at radius 2 is 2.11 bits per heavy atom. The van der Waals surface area contributed by atoms with Crippen molar-refractivity contribution in [3.8, 4) is 0 Å². The molecule has 0 fully saturated rings. The van der Waals surface area contributed by atoms with Crippen molar-refractivity contribution in [3.63, 3.8) is 0 Å². The van der Waals surface area contributed by atoms with Gasteiger partial charge in [0.15, 0.2) is 10.5 Å². The first-order valence-corrected chi connectivity index (χ1v) is 10.0. The summed E-state index contributed by atoms with van der Waals surface area (Å²) in [5.74, 6) is -0.438. The molecular formula is C20H17N3O4S. The van der Waals surface area contributed by atoms with Crippen molar-refractivity contribution in [2.24, 2.45) is 0 Å². The molecule has 0 saturated heterocycles. The molecule has 0 atom stereocenters. The second-order valence-electron chi connectivity index (χ2n) is 6.85. The molecule has 0 radical (unpaired) electrons. The topological polar surface area (TPSA) is 86.7 Å². The summed E-state index contributed by atoms with van der Waals surface area (Å²) in [6.07, 6.45) is 4.17. The van der Waals surface area contributed by atoms with Gasteiger partial charge < -0.3 is 9.26 Å². The van der Waals surface area contributed by atoms with Gasteiger partial charge in [0, 0.05) is 22.0 Å². The maximum absolute atomic E-state index is 12.5. The number of hydrogen-bond acceptors (Lipinski definition) is 7. The molecule has 3 aromatic heterocycles. The summed E-state index contributed by atoms with van der Waals surface area (Å²) in [4.78, 5) is 31.2. The Morgan fingerprint density at radius 3 is 3.04 bits per heavy atom. The van der Waals surface area contributed by atoms with E-state index in [1.165, 1.54) is 10.9 Å². The Morgan fingerprint density at radius 1 is 1.25 bits per heavy atom. The molecule has 0 aliphatic heterocycles. The van der Waals surface area contributed by atoms with E-state index in [4.69, 9.17) is 9.26 Å². The number of nitrogens with zero attached hydrogens (tertiary/aromatic N) is 3. The van der Waals surface area contributed by atoms with Crippen LogP contribution in [-0.4, -0.2) is 20.5 Å². The lowest BCUT2D eigenvalue weighted by atomic mass is 10.0. The Balaban J connectivity index is 1.33. The van der Waals surface area contributed by atoms with Gasteiger partial charge in [-0.2, -0.15) is 0 Å². The summed E-state index contributed by atoms with van der Waals surface area (Å²) in [6.45, 7) is -0.0388. The fourth-order valence-electron chi connectivity index (χ4n) is 3.62. The minimum atomic E-state index is -0.438. The molecule has 28 heavy (non-hydrogen) atoms. The van der Waals surface area contributed by atoms with Gasteiger partial charge in [0.1, 0.15) is 12.3 Å². The molecule has 0 N–H and O–H groups in total. The van der Waals surface area contributed by atoms with E-state index >= 15 is 0 Å². The zero-order valence-electron chi connectivity index (χ0n) is 15.0. The van der Waals surface area contributed by atoms with Gasteiger partial charge in [-0.3, -0.25) is 14.0 Å². The van der Waals surface area contributed by atoms with Gasteiger partial charge in [-0.25, -0.2) is 4.98 Å². The van der Waals surface area contributed by atoms with E-state index in [2.05, 4.69) is 10.1 Å². The van der Waals surface area contributed by atoms with Crippen LogP contribution in [0.5, 0.6) is 0 Å². The summed E-state index contributed by atoms with van der Waals surface area (Å²) in [5, 5.41) is 4.73. The molecule has 8 heteroatoms. The van der Waals surface area contributed by atoms with Crippen LogP contribution >= 0.6 is 11.3 Å². The minimum absolute atomic E-state index is 0.00549. The maximum Gasteiger partial charge on any atom is 0.312 e. The maximum atomic E-state index is 12.5. The second kappa shape index (κ2) is 6.87. The lowest BCUT2D eigenvalue weighted by Crippen LogP contribution is -2.19. The molecule has 4 aromatic rings. The van der Waals surface area contributed by atoms with Gasteiger partial charge in [0.2, 0.25) is 0 Å². The summed E-state index contributed by atoms with van der Waals surface area (Å²) >= 11 is 1.56. The van der Waals surface area contributed by atoms with Gasteiger partial charge >= 0.3 is 5.97 Å². The summed E-state index contributed by atoms with van der Waals surface area (Å²) in [7, 11) is 0. The summed E-state index contributed by atoms with van der Waals surface area (Å²) in [5.41, 5.74) is 2.60. The number of carbonyl (C=O) groups is 1. The van der Waals surface area contributed by atoms with Crippen molar-refractivity contribution < 1.29 is 14.1 Å². The van der Waals surface area contributed by atoms with E-state index in [1.54, 1.807) is 21.8 Å². The molecule has 1 aliphatic carbocycles. The Hall–Kier alpha value is -3.00. The average Bonchev–Trinajstić information content (AvgIpc) is 3.28. The molecule has 7 nitrogen and oxygen atoms in total. The molecule has 0 bridgehead atoms. The molecule has 0 unspecified atom stereocenters. The van der Waals surface area contributed by atoms with Crippen LogP contribution in [0, 0.1) is 0 Å². The van der Waals surface area contributed by atoms with Crippen LogP contribution in [0.25, 0.3) is 15.9 Å². The summed E-state index contributed by atoms with van der Waals surface area (Å²) < 4.78 is 12.2. The number of para-hydroxylation sites is 1. The minimum Gasteiger partial charge on any atom is -0.459 e. The molecule has 1 aliphatic rings. The number of carbonyl (C=O) groups excluding carboxylic acids is 1. The number of esters is 1. The van der Waals surface area contributed by atoms with Crippen molar-refractivity contribution in [1.29, 1.82) is 0 Å². The Labute approximate surface area is 163 Å². The molecule has 0 amide bonds. The van der Waals surface area contributed by atoms with Crippen LogP contribution in [-0.2, 0) is 35.4 Å². The zero-order valence-corrected chi connectivity index (χ0v) is 15.8. The number of ether oxygens (including phenoxy) is 1. The first-order chi connectivity index (χ1) is 13.7. The lowest BCUT2D eigenvalue weighted by Gasteiger charge is -2.10. The van der Waals surface area contributed by atoms with Gasteiger partial charge in [-0.05, 0) is 37.8 Å². The van der Waals surface area contributed by atoms with E-state index in [-0.39, 0.29) is 18.6 Å². The van der Waals surface area contributed by atoms with E-state index < -0.39 is 5.97 Å². The van der Waals surface area contributed by atoms with E-state index in [0.717, 1.165) is 36.8 Å². The molecule has 3 heterocycles. The zero-order chi connectivity index (χ0) is 19.1. The Bertz CT molecular complexity index is 1250. The third-order valence-electron chi connectivity index (χ3n) is 4.96. The summed E-state index contributed by atoms with van der Waals surface area (Å²) in [6, 6.07) is 8.81. The molecular weight excluding hydrogens is 378 g/mol. The third kappa shape index (κ3) is 2.99. The van der Waals surface area contributed by atoms with E-state index in [1.807, 2.05) is 18.2 Å². The highest BCUT2D eigenvalue weighted by Gasteiger charge is 2.19. The van der Waals surface area contributed by atoms with Crippen molar-refractivity contribution in [2.75, 3.05) is 0 Å². The van der Waals surface area contributed by atoms with Crippen molar-refractivity contribution in [1.82, 2.24) is 14.5 Å². The monoisotopic (exact) mass is 395 g/mol. The highest BCUT2D eigenvalue weighted by Crippen LogP contribution is 2.28. The van der Waals surface area contributed by atoms with Crippen molar-refractivity contribution in [2.45, 2.75) is 38.7 Å². The SMILES string of the molecule is O=C(Cc1noc2ccccc12)OCc1cc(=O)n2c3c(sc2n1)CCCC3. The van der Waals surface area contributed by atoms with Gasteiger partial charge in [0.25, 0.3) is 5.56 Å². The van der Waals surface area contributed by atoms with Crippen LogP contribution in [0.15, 0.2) is 39.6 Å². The van der Waals surface area contributed by atoms with Crippen LogP contribution < -0.4 is 5.56 Å². The van der Waals surface area contributed by atoms with Crippen LogP contribution in [0.1, 0.15) is 34.8 Å². The second-order valence-corrected chi connectivity index (χ2v) is 7.91. The molecule has 142 valence electrons. The van der Waals surface area contributed by atoms with Crippen LogP contribution in [0.4, 0.5) is 0 Å². The fourth-order valence-corrected chi connectivity index (χ4v) is 4.86. The highest BCUT2D eigenvalue weighted by atomic mass is 32.1. The first kappa shape index (κ1) is 17.1. The molecule has 0 spiro atoms. The first-order valence-electron chi connectivity index (χ1n) is 9.21. The normalized spacial score (nSPS) is 13.7. The van der Waals surface area contributed by atoms with Gasteiger partial charge in [0.05, 0.1) is 12.1 Å². The van der Waals surface area contributed by atoms with E-state index in [9.17, 15) is 9.59 Å². The predicted octanol–water partition coefficient (Wildman–Crippen LogP) is 3.06. The lowest BCUT2D eigenvalue weighted by molar-refractivity contribution is -0.144. The fraction of sp³-hybridized carbons (Fsp3) is 0.300. The largest absolute Gasteiger partial charge is 0.459 e. The van der Waals surface area contributed by atoms with Crippen molar-refractivity contribution in [3.05, 3.63) is 62.6 Å². The number of aryl methyl sites for hydroxylation is 2. The quantitative estimate of drug-likeness (QED) is 0.494. The van der Waals surface area contributed by atoms with Crippen molar-refractivity contribution >= 4 is 33.2 Å².